The predicted molar refractivity (Wildman–Crippen MR) is 63.8 cm³/mol. The Bertz CT molecular complexity index is 378. The average molecular weight is 234 g/mol. The van der Waals surface area contributed by atoms with Gasteiger partial charge in [-0.05, 0) is 38.3 Å². The second-order valence-electron chi connectivity index (χ2n) is 4.99. The number of hydrogen-bond acceptors (Lipinski definition) is 3. The molecule has 0 bridgehead atoms. The van der Waals surface area contributed by atoms with Crippen LogP contribution >= 0.6 is 0 Å². The zero-order valence-electron chi connectivity index (χ0n) is 9.89. The molecule has 1 aliphatic carbocycles. The summed E-state index contributed by atoms with van der Waals surface area (Å²) in [5, 5.41) is 3.45. The van der Waals surface area contributed by atoms with Crippen molar-refractivity contribution in [3.05, 3.63) is 24.2 Å². The molecule has 92 valence electrons. The Morgan fingerprint density at radius 3 is 2.94 bits per heavy atom. The van der Waals surface area contributed by atoms with Gasteiger partial charge in [0.25, 0.3) is 5.91 Å². The lowest BCUT2D eigenvalue weighted by atomic mass is 10.2. The first kappa shape index (κ1) is 10.8. The van der Waals surface area contributed by atoms with Crippen LogP contribution in [0.3, 0.4) is 0 Å². The highest BCUT2D eigenvalue weighted by molar-refractivity contribution is 5.94. The van der Waals surface area contributed by atoms with E-state index >= 15 is 0 Å². The van der Waals surface area contributed by atoms with Crippen molar-refractivity contribution < 1.29 is 9.21 Å². The molecule has 4 heteroatoms. The van der Waals surface area contributed by atoms with Crippen LogP contribution in [0.25, 0.3) is 0 Å². The first-order chi connectivity index (χ1) is 8.34. The number of carbonyl (C=O) groups is 1. The van der Waals surface area contributed by atoms with E-state index in [1.165, 1.54) is 12.8 Å². The van der Waals surface area contributed by atoms with Gasteiger partial charge < -0.3 is 14.6 Å². The van der Waals surface area contributed by atoms with E-state index in [9.17, 15) is 4.79 Å². The molecule has 1 amide bonds. The number of furan rings is 1. The third-order valence-electron chi connectivity index (χ3n) is 3.60. The van der Waals surface area contributed by atoms with E-state index in [-0.39, 0.29) is 5.91 Å². The molecule has 17 heavy (non-hydrogen) atoms. The van der Waals surface area contributed by atoms with E-state index in [1.807, 2.05) is 4.90 Å². The van der Waals surface area contributed by atoms with Crippen LogP contribution < -0.4 is 5.32 Å². The van der Waals surface area contributed by atoms with Crippen molar-refractivity contribution in [2.45, 2.75) is 37.8 Å². The molecule has 1 aromatic rings. The SMILES string of the molecule is O=C(c1ccoc1)N(C[C@@H]1CCCN1)C1CC1. The van der Waals surface area contributed by atoms with Crippen LogP contribution in [0.5, 0.6) is 0 Å². The summed E-state index contributed by atoms with van der Waals surface area (Å²) < 4.78 is 4.99. The van der Waals surface area contributed by atoms with Crippen LogP contribution in [0.2, 0.25) is 0 Å². The fraction of sp³-hybridized carbons (Fsp3) is 0.615. The molecular weight excluding hydrogens is 216 g/mol. The van der Waals surface area contributed by atoms with Crippen molar-refractivity contribution in [3.8, 4) is 0 Å². The Hall–Kier alpha value is -1.29. The van der Waals surface area contributed by atoms with Gasteiger partial charge in [-0.1, -0.05) is 0 Å². The fourth-order valence-electron chi connectivity index (χ4n) is 2.49. The molecule has 0 aromatic carbocycles. The minimum absolute atomic E-state index is 0.120. The van der Waals surface area contributed by atoms with E-state index in [0.717, 1.165) is 25.9 Å². The summed E-state index contributed by atoms with van der Waals surface area (Å²) in [4.78, 5) is 14.3. The van der Waals surface area contributed by atoms with Gasteiger partial charge in [0, 0.05) is 18.6 Å². The highest BCUT2D eigenvalue weighted by Crippen LogP contribution is 2.29. The Balaban J connectivity index is 1.69. The smallest absolute Gasteiger partial charge is 0.257 e. The second-order valence-corrected chi connectivity index (χ2v) is 4.99. The van der Waals surface area contributed by atoms with Gasteiger partial charge in [0.05, 0.1) is 11.8 Å². The van der Waals surface area contributed by atoms with Gasteiger partial charge in [-0.2, -0.15) is 0 Å². The van der Waals surface area contributed by atoms with Gasteiger partial charge in [-0.3, -0.25) is 4.79 Å². The van der Waals surface area contributed by atoms with Crippen LogP contribution in [-0.4, -0.2) is 36.0 Å². The summed E-state index contributed by atoms with van der Waals surface area (Å²) in [5.74, 6) is 0.120. The van der Waals surface area contributed by atoms with Crippen LogP contribution in [0.15, 0.2) is 23.0 Å². The minimum Gasteiger partial charge on any atom is -0.472 e. The molecule has 1 atom stereocenters. The summed E-state index contributed by atoms with van der Waals surface area (Å²) >= 11 is 0. The Morgan fingerprint density at radius 1 is 1.47 bits per heavy atom. The fourth-order valence-corrected chi connectivity index (χ4v) is 2.49. The molecule has 0 unspecified atom stereocenters. The number of amides is 1. The second kappa shape index (κ2) is 4.53. The van der Waals surface area contributed by atoms with Gasteiger partial charge in [0.1, 0.15) is 6.26 Å². The molecule has 2 heterocycles. The quantitative estimate of drug-likeness (QED) is 0.861. The summed E-state index contributed by atoms with van der Waals surface area (Å²) in [6.45, 7) is 1.93. The van der Waals surface area contributed by atoms with Crippen molar-refractivity contribution in [1.82, 2.24) is 10.2 Å². The molecule has 1 saturated heterocycles. The van der Waals surface area contributed by atoms with Crippen molar-refractivity contribution in [1.29, 1.82) is 0 Å². The maximum atomic E-state index is 12.3. The highest BCUT2D eigenvalue weighted by Gasteiger charge is 2.35. The van der Waals surface area contributed by atoms with Crippen LogP contribution in [0.4, 0.5) is 0 Å². The first-order valence-electron chi connectivity index (χ1n) is 6.41. The minimum atomic E-state index is 0.120. The Kier molecular flexibility index (Phi) is 2.89. The first-order valence-corrected chi connectivity index (χ1v) is 6.41. The van der Waals surface area contributed by atoms with Gasteiger partial charge in [0.2, 0.25) is 0 Å². The van der Waals surface area contributed by atoms with Crippen molar-refractivity contribution in [2.75, 3.05) is 13.1 Å². The van der Waals surface area contributed by atoms with Gasteiger partial charge >= 0.3 is 0 Å². The number of nitrogens with one attached hydrogen (secondary N) is 1. The molecular formula is C13H18N2O2. The topological polar surface area (TPSA) is 45.5 Å². The molecule has 1 aromatic heterocycles. The molecule has 3 rings (SSSR count). The van der Waals surface area contributed by atoms with E-state index < -0.39 is 0 Å². The molecule has 2 fully saturated rings. The van der Waals surface area contributed by atoms with Crippen molar-refractivity contribution in [2.24, 2.45) is 0 Å². The third kappa shape index (κ3) is 2.36. The number of hydrogen-bond donors (Lipinski definition) is 1. The molecule has 4 nitrogen and oxygen atoms in total. The summed E-state index contributed by atoms with van der Waals surface area (Å²) in [6, 6.07) is 2.69. The van der Waals surface area contributed by atoms with Crippen LogP contribution in [0, 0.1) is 0 Å². The molecule has 2 aliphatic rings. The predicted octanol–water partition coefficient (Wildman–Crippen LogP) is 1.64. The van der Waals surface area contributed by atoms with Crippen molar-refractivity contribution >= 4 is 5.91 Å². The monoisotopic (exact) mass is 234 g/mol. The lowest BCUT2D eigenvalue weighted by molar-refractivity contribution is 0.0728. The largest absolute Gasteiger partial charge is 0.472 e. The lowest BCUT2D eigenvalue weighted by Gasteiger charge is -2.25. The maximum absolute atomic E-state index is 12.3. The van der Waals surface area contributed by atoms with Gasteiger partial charge in [0.15, 0.2) is 0 Å². The standard InChI is InChI=1S/C13H18N2O2/c16-13(10-5-7-17-9-10)15(12-3-4-12)8-11-2-1-6-14-11/h5,7,9,11-12,14H,1-4,6,8H2/t11-/m0/s1. The zero-order valence-corrected chi connectivity index (χ0v) is 9.89. The lowest BCUT2D eigenvalue weighted by Crippen LogP contribution is -2.42. The van der Waals surface area contributed by atoms with Gasteiger partial charge in [-0.15, -0.1) is 0 Å². The average Bonchev–Trinajstić information content (AvgIpc) is 2.86. The number of nitrogens with zero attached hydrogens (tertiary/aromatic N) is 1. The normalized spacial score (nSPS) is 23.9. The van der Waals surface area contributed by atoms with Crippen LogP contribution in [-0.2, 0) is 0 Å². The van der Waals surface area contributed by atoms with Crippen molar-refractivity contribution in [3.63, 3.8) is 0 Å². The Labute approximate surface area is 101 Å². The van der Waals surface area contributed by atoms with Crippen LogP contribution in [0.1, 0.15) is 36.0 Å². The summed E-state index contributed by atoms with van der Waals surface area (Å²) in [6.07, 6.45) is 7.81. The Morgan fingerprint density at radius 2 is 2.35 bits per heavy atom. The highest BCUT2D eigenvalue weighted by atomic mass is 16.3. The molecule has 1 N–H and O–H groups in total. The third-order valence-corrected chi connectivity index (χ3v) is 3.60. The molecule has 1 aliphatic heterocycles. The van der Waals surface area contributed by atoms with E-state index in [4.69, 9.17) is 4.42 Å². The molecule has 0 radical (unpaired) electrons. The number of carbonyl (C=O) groups excluding carboxylic acids is 1. The van der Waals surface area contributed by atoms with E-state index in [1.54, 1.807) is 18.6 Å². The summed E-state index contributed by atoms with van der Waals surface area (Å²) in [7, 11) is 0. The maximum Gasteiger partial charge on any atom is 0.257 e. The zero-order chi connectivity index (χ0) is 11.7. The van der Waals surface area contributed by atoms with E-state index in [2.05, 4.69) is 5.32 Å². The number of rotatable bonds is 4. The molecule has 0 spiro atoms. The van der Waals surface area contributed by atoms with Gasteiger partial charge in [-0.25, -0.2) is 0 Å². The summed E-state index contributed by atoms with van der Waals surface area (Å²) in [5.41, 5.74) is 0.676. The molecule has 1 saturated carbocycles. The van der Waals surface area contributed by atoms with E-state index in [0.29, 0.717) is 17.6 Å².